The summed E-state index contributed by atoms with van der Waals surface area (Å²) in [5.74, 6) is 8.14. The molecule has 2 unspecified atom stereocenters. The topological polar surface area (TPSA) is 44.5 Å². The van der Waals surface area contributed by atoms with E-state index in [4.69, 9.17) is 15.2 Å². The maximum Gasteiger partial charge on any atom is 0.162 e. The van der Waals surface area contributed by atoms with Gasteiger partial charge >= 0.3 is 0 Å². The van der Waals surface area contributed by atoms with E-state index in [9.17, 15) is 0 Å². The highest BCUT2D eigenvalue weighted by Crippen LogP contribution is 2.31. The van der Waals surface area contributed by atoms with Gasteiger partial charge in [-0.2, -0.15) is 0 Å². The summed E-state index contributed by atoms with van der Waals surface area (Å²) in [5, 5.41) is 0. The first kappa shape index (κ1) is 13.8. The standard InChI is InChI=1S/C16H21NO2/c1-3-4-14(17)7-5-13-6-8-15-16(9-13)19-11-12(2)10-18-15/h6,8-9,12,14H,3-4,10-11,17H2,1-2H3. The largest absolute Gasteiger partial charge is 0.489 e. The molecule has 1 aromatic rings. The van der Waals surface area contributed by atoms with Gasteiger partial charge in [-0.15, -0.1) is 0 Å². The molecule has 0 amide bonds. The summed E-state index contributed by atoms with van der Waals surface area (Å²) in [6.45, 7) is 5.59. The molecule has 3 nitrogen and oxygen atoms in total. The summed E-state index contributed by atoms with van der Waals surface area (Å²) in [7, 11) is 0. The van der Waals surface area contributed by atoms with Crippen molar-refractivity contribution >= 4 is 0 Å². The van der Waals surface area contributed by atoms with Crippen LogP contribution >= 0.6 is 0 Å². The van der Waals surface area contributed by atoms with Crippen molar-refractivity contribution in [2.45, 2.75) is 32.7 Å². The van der Waals surface area contributed by atoms with Crippen molar-refractivity contribution in [3.63, 3.8) is 0 Å². The summed E-state index contributed by atoms with van der Waals surface area (Å²) in [6.07, 6.45) is 1.98. The fourth-order valence-corrected chi connectivity index (χ4v) is 1.89. The molecule has 0 fully saturated rings. The maximum absolute atomic E-state index is 5.88. The monoisotopic (exact) mass is 259 g/mol. The molecule has 0 saturated heterocycles. The van der Waals surface area contributed by atoms with Gasteiger partial charge < -0.3 is 15.2 Å². The fraction of sp³-hybridized carbons (Fsp3) is 0.500. The predicted molar refractivity (Wildman–Crippen MR) is 76.4 cm³/mol. The number of benzene rings is 1. The Morgan fingerprint density at radius 1 is 1.32 bits per heavy atom. The third kappa shape index (κ3) is 3.90. The van der Waals surface area contributed by atoms with Gasteiger partial charge in [0.2, 0.25) is 0 Å². The van der Waals surface area contributed by atoms with Crippen LogP contribution in [-0.4, -0.2) is 19.3 Å². The van der Waals surface area contributed by atoms with Gasteiger partial charge in [0.1, 0.15) is 0 Å². The van der Waals surface area contributed by atoms with Gasteiger partial charge in [0.15, 0.2) is 11.5 Å². The second-order valence-corrected chi connectivity index (χ2v) is 5.05. The SMILES string of the molecule is CCCC(N)C#Cc1ccc2c(c1)OCC(C)CO2. The lowest BCUT2D eigenvalue weighted by Gasteiger charge is -2.06. The number of fused-ring (bicyclic) bond motifs is 1. The van der Waals surface area contributed by atoms with Crippen LogP contribution < -0.4 is 15.2 Å². The lowest BCUT2D eigenvalue weighted by atomic mass is 10.1. The predicted octanol–water partition coefficient (Wildman–Crippen LogP) is 2.57. The van der Waals surface area contributed by atoms with Crippen LogP contribution in [0.25, 0.3) is 0 Å². The normalized spacial score (nSPS) is 19.0. The van der Waals surface area contributed by atoms with Crippen LogP contribution in [-0.2, 0) is 0 Å². The molecule has 0 radical (unpaired) electrons. The van der Waals surface area contributed by atoms with E-state index in [1.807, 2.05) is 18.2 Å². The molecular formula is C16H21NO2. The van der Waals surface area contributed by atoms with Gasteiger partial charge in [-0.05, 0) is 24.6 Å². The molecule has 3 heteroatoms. The minimum Gasteiger partial charge on any atom is -0.489 e. The minimum atomic E-state index is -0.0546. The summed E-state index contributed by atoms with van der Waals surface area (Å²) in [6, 6.07) is 5.74. The van der Waals surface area contributed by atoms with Gasteiger partial charge in [-0.25, -0.2) is 0 Å². The van der Waals surface area contributed by atoms with Gasteiger partial charge in [0.25, 0.3) is 0 Å². The Labute approximate surface area is 115 Å². The van der Waals surface area contributed by atoms with Crippen LogP contribution in [0.1, 0.15) is 32.3 Å². The van der Waals surface area contributed by atoms with E-state index < -0.39 is 0 Å². The van der Waals surface area contributed by atoms with E-state index in [2.05, 4.69) is 25.7 Å². The molecule has 2 rings (SSSR count). The molecule has 0 aliphatic carbocycles. The van der Waals surface area contributed by atoms with Gasteiger partial charge in [-0.1, -0.05) is 32.1 Å². The van der Waals surface area contributed by atoms with Crippen LogP contribution in [0, 0.1) is 17.8 Å². The van der Waals surface area contributed by atoms with E-state index in [1.165, 1.54) is 0 Å². The number of hydrogen-bond acceptors (Lipinski definition) is 3. The summed E-state index contributed by atoms with van der Waals surface area (Å²) in [4.78, 5) is 0. The molecule has 2 N–H and O–H groups in total. The third-order valence-corrected chi connectivity index (χ3v) is 2.99. The second kappa shape index (κ2) is 6.49. The molecule has 2 atom stereocenters. The van der Waals surface area contributed by atoms with E-state index in [0.717, 1.165) is 29.9 Å². The molecule has 1 heterocycles. The molecule has 19 heavy (non-hydrogen) atoms. The van der Waals surface area contributed by atoms with Crippen LogP contribution in [0.5, 0.6) is 11.5 Å². The number of ether oxygens (including phenoxy) is 2. The van der Waals surface area contributed by atoms with E-state index in [1.54, 1.807) is 0 Å². The Hall–Kier alpha value is -1.66. The number of hydrogen-bond donors (Lipinski definition) is 1. The van der Waals surface area contributed by atoms with Crippen molar-refractivity contribution in [1.29, 1.82) is 0 Å². The summed E-state index contributed by atoms with van der Waals surface area (Å²) >= 11 is 0. The first-order valence-electron chi connectivity index (χ1n) is 6.85. The molecular weight excluding hydrogens is 238 g/mol. The Kier molecular flexibility index (Phi) is 4.70. The lowest BCUT2D eigenvalue weighted by molar-refractivity contribution is 0.228. The molecule has 1 aliphatic heterocycles. The molecule has 1 aliphatic rings. The van der Waals surface area contributed by atoms with Crippen LogP contribution in [0.4, 0.5) is 0 Å². The van der Waals surface area contributed by atoms with Gasteiger partial charge in [0, 0.05) is 11.5 Å². The van der Waals surface area contributed by atoms with Crippen LogP contribution in [0.15, 0.2) is 18.2 Å². The molecule has 0 aromatic heterocycles. The highest BCUT2D eigenvalue weighted by atomic mass is 16.5. The Balaban J connectivity index is 2.12. The van der Waals surface area contributed by atoms with Crippen LogP contribution in [0.3, 0.4) is 0 Å². The van der Waals surface area contributed by atoms with Crippen molar-refractivity contribution in [3.8, 4) is 23.3 Å². The fourth-order valence-electron chi connectivity index (χ4n) is 1.89. The summed E-state index contributed by atoms with van der Waals surface area (Å²) in [5.41, 5.74) is 6.80. The quantitative estimate of drug-likeness (QED) is 0.830. The van der Waals surface area contributed by atoms with Crippen molar-refractivity contribution < 1.29 is 9.47 Å². The van der Waals surface area contributed by atoms with E-state index in [-0.39, 0.29) is 6.04 Å². The minimum absolute atomic E-state index is 0.0546. The zero-order valence-electron chi connectivity index (χ0n) is 11.6. The zero-order valence-corrected chi connectivity index (χ0v) is 11.6. The maximum atomic E-state index is 5.88. The molecule has 0 bridgehead atoms. The van der Waals surface area contributed by atoms with E-state index >= 15 is 0 Å². The first-order valence-corrected chi connectivity index (χ1v) is 6.85. The Bertz CT molecular complexity index is 487. The molecule has 0 saturated carbocycles. The molecule has 1 aromatic carbocycles. The molecule has 102 valence electrons. The second-order valence-electron chi connectivity index (χ2n) is 5.05. The third-order valence-electron chi connectivity index (χ3n) is 2.99. The number of nitrogens with two attached hydrogens (primary N) is 1. The lowest BCUT2D eigenvalue weighted by Crippen LogP contribution is -2.16. The zero-order chi connectivity index (χ0) is 13.7. The van der Waals surface area contributed by atoms with Crippen LogP contribution in [0.2, 0.25) is 0 Å². The van der Waals surface area contributed by atoms with Crippen molar-refractivity contribution in [2.24, 2.45) is 11.7 Å². The Morgan fingerprint density at radius 2 is 2.05 bits per heavy atom. The van der Waals surface area contributed by atoms with Crippen molar-refractivity contribution in [3.05, 3.63) is 23.8 Å². The molecule has 0 spiro atoms. The first-order chi connectivity index (χ1) is 9.19. The van der Waals surface area contributed by atoms with Crippen molar-refractivity contribution in [2.75, 3.05) is 13.2 Å². The highest BCUT2D eigenvalue weighted by Gasteiger charge is 2.14. The number of rotatable bonds is 2. The Morgan fingerprint density at radius 3 is 2.79 bits per heavy atom. The summed E-state index contributed by atoms with van der Waals surface area (Å²) < 4.78 is 11.4. The van der Waals surface area contributed by atoms with Gasteiger partial charge in [0.05, 0.1) is 19.3 Å². The average molecular weight is 259 g/mol. The smallest absolute Gasteiger partial charge is 0.162 e. The van der Waals surface area contributed by atoms with E-state index in [0.29, 0.717) is 19.1 Å². The van der Waals surface area contributed by atoms with Gasteiger partial charge in [-0.3, -0.25) is 0 Å². The van der Waals surface area contributed by atoms with Crippen molar-refractivity contribution in [1.82, 2.24) is 0 Å². The average Bonchev–Trinajstić information content (AvgIpc) is 2.59. The highest BCUT2D eigenvalue weighted by molar-refractivity contribution is 5.48.